The third-order valence-corrected chi connectivity index (χ3v) is 5.43. The molecule has 1 aromatic heterocycles. The minimum atomic E-state index is -0.343. The third-order valence-electron chi connectivity index (χ3n) is 5.43. The molecule has 0 unspecified atom stereocenters. The smallest absolute Gasteiger partial charge is 0.261 e. The molecule has 1 N–H and O–H groups in total. The summed E-state index contributed by atoms with van der Waals surface area (Å²) in [5.74, 6) is -0.343. The maximum atomic E-state index is 12.5. The molecule has 3 rings (SSSR count). The number of nitrogens with one attached hydrogen (secondary N) is 1. The molecule has 0 aliphatic heterocycles. The highest BCUT2D eigenvalue weighted by Gasteiger charge is 2.14. The molecule has 4 nitrogen and oxygen atoms in total. The summed E-state index contributed by atoms with van der Waals surface area (Å²) in [7, 11) is 0. The van der Waals surface area contributed by atoms with Crippen LogP contribution in [0.3, 0.4) is 0 Å². The standard InChI is InChI=1S/C26H27N3O/c1-18-10-11-25(14-19(18)2)29-20(3)15-23(21(29)4)16-24(17-27)26(30)28-13-12-22-8-6-5-7-9-22/h5-11,14-16H,12-13H2,1-4H3,(H,28,30)/b24-16+. The molecule has 0 saturated heterocycles. The van der Waals surface area contributed by atoms with Crippen molar-refractivity contribution >= 4 is 12.0 Å². The van der Waals surface area contributed by atoms with Gasteiger partial charge in [0, 0.05) is 23.6 Å². The van der Waals surface area contributed by atoms with Crippen LogP contribution < -0.4 is 5.32 Å². The molecule has 0 radical (unpaired) electrons. The molecule has 4 heteroatoms. The lowest BCUT2D eigenvalue weighted by Crippen LogP contribution is -2.26. The van der Waals surface area contributed by atoms with E-state index in [0.29, 0.717) is 6.54 Å². The van der Waals surface area contributed by atoms with Crippen molar-refractivity contribution < 1.29 is 4.79 Å². The number of aromatic nitrogens is 1. The zero-order valence-electron chi connectivity index (χ0n) is 18.0. The van der Waals surface area contributed by atoms with Gasteiger partial charge in [-0.1, -0.05) is 36.4 Å². The van der Waals surface area contributed by atoms with Crippen LogP contribution in [0.15, 0.2) is 60.2 Å². The van der Waals surface area contributed by atoms with E-state index in [0.717, 1.165) is 34.6 Å². The van der Waals surface area contributed by atoms with Gasteiger partial charge < -0.3 is 9.88 Å². The lowest BCUT2D eigenvalue weighted by atomic mass is 10.1. The van der Waals surface area contributed by atoms with Crippen LogP contribution in [0.2, 0.25) is 0 Å². The molecule has 1 amide bonds. The maximum Gasteiger partial charge on any atom is 0.261 e. The summed E-state index contributed by atoms with van der Waals surface area (Å²) in [4.78, 5) is 12.5. The summed E-state index contributed by atoms with van der Waals surface area (Å²) in [6.45, 7) is 8.73. The Kier molecular flexibility index (Phi) is 6.54. The van der Waals surface area contributed by atoms with E-state index in [-0.39, 0.29) is 11.5 Å². The normalized spacial score (nSPS) is 11.2. The minimum absolute atomic E-state index is 0.114. The molecule has 3 aromatic rings. The van der Waals surface area contributed by atoms with Gasteiger partial charge in [-0.05, 0) is 80.6 Å². The SMILES string of the molecule is Cc1ccc(-n2c(C)cc(/C=C(\C#N)C(=O)NCCc3ccccc3)c2C)cc1C. The lowest BCUT2D eigenvalue weighted by Gasteiger charge is -2.12. The number of rotatable bonds is 6. The lowest BCUT2D eigenvalue weighted by molar-refractivity contribution is -0.117. The number of nitriles is 1. The van der Waals surface area contributed by atoms with Crippen LogP contribution in [0.25, 0.3) is 11.8 Å². The van der Waals surface area contributed by atoms with E-state index in [1.54, 1.807) is 6.08 Å². The van der Waals surface area contributed by atoms with Gasteiger partial charge in [0.25, 0.3) is 5.91 Å². The van der Waals surface area contributed by atoms with Crippen molar-refractivity contribution in [2.45, 2.75) is 34.1 Å². The Hall–Kier alpha value is -3.58. The molecule has 1 heterocycles. The summed E-state index contributed by atoms with van der Waals surface area (Å²) in [6.07, 6.45) is 2.41. The Bertz CT molecular complexity index is 1130. The van der Waals surface area contributed by atoms with Crippen molar-refractivity contribution in [3.05, 3.63) is 93.8 Å². The number of carbonyl (C=O) groups is 1. The van der Waals surface area contributed by atoms with Gasteiger partial charge in [0.2, 0.25) is 0 Å². The van der Waals surface area contributed by atoms with E-state index in [1.807, 2.05) is 50.2 Å². The molecule has 0 aliphatic carbocycles. The Balaban J connectivity index is 1.79. The van der Waals surface area contributed by atoms with Crippen LogP contribution in [0.1, 0.15) is 33.6 Å². The number of aryl methyl sites for hydroxylation is 3. The van der Waals surface area contributed by atoms with E-state index in [2.05, 4.69) is 48.0 Å². The number of hydrogen-bond acceptors (Lipinski definition) is 2. The van der Waals surface area contributed by atoms with Gasteiger partial charge in [-0.3, -0.25) is 4.79 Å². The summed E-state index contributed by atoms with van der Waals surface area (Å²) in [5, 5.41) is 12.4. The molecule has 0 spiro atoms. The minimum Gasteiger partial charge on any atom is -0.351 e. The average Bonchev–Trinajstić information content (AvgIpc) is 3.02. The quantitative estimate of drug-likeness (QED) is 0.471. The van der Waals surface area contributed by atoms with Gasteiger partial charge >= 0.3 is 0 Å². The van der Waals surface area contributed by atoms with Crippen LogP contribution in [0, 0.1) is 39.0 Å². The summed E-state index contributed by atoms with van der Waals surface area (Å²) < 4.78 is 2.15. The second-order valence-electron chi connectivity index (χ2n) is 7.59. The van der Waals surface area contributed by atoms with E-state index in [1.165, 1.54) is 11.1 Å². The summed E-state index contributed by atoms with van der Waals surface area (Å²) in [5.41, 5.74) is 7.76. The summed E-state index contributed by atoms with van der Waals surface area (Å²) >= 11 is 0. The fourth-order valence-corrected chi connectivity index (χ4v) is 3.56. The molecule has 152 valence electrons. The molecular weight excluding hydrogens is 370 g/mol. The van der Waals surface area contributed by atoms with Gasteiger partial charge in [0.1, 0.15) is 11.6 Å². The maximum absolute atomic E-state index is 12.5. The van der Waals surface area contributed by atoms with Crippen molar-refractivity contribution in [3.63, 3.8) is 0 Å². The molecule has 0 saturated carbocycles. The first-order valence-electron chi connectivity index (χ1n) is 10.1. The van der Waals surface area contributed by atoms with Crippen molar-refractivity contribution in [1.82, 2.24) is 9.88 Å². The van der Waals surface area contributed by atoms with Crippen molar-refractivity contribution in [2.75, 3.05) is 6.54 Å². The number of benzene rings is 2. The molecule has 0 atom stereocenters. The van der Waals surface area contributed by atoms with E-state index >= 15 is 0 Å². The van der Waals surface area contributed by atoms with Gasteiger partial charge in [-0.15, -0.1) is 0 Å². The largest absolute Gasteiger partial charge is 0.351 e. The fraction of sp³-hybridized carbons (Fsp3) is 0.231. The van der Waals surface area contributed by atoms with Crippen LogP contribution in [-0.2, 0) is 11.2 Å². The highest BCUT2D eigenvalue weighted by atomic mass is 16.1. The summed E-state index contributed by atoms with van der Waals surface area (Å²) in [6, 6.07) is 20.4. The van der Waals surface area contributed by atoms with Crippen LogP contribution in [0.4, 0.5) is 0 Å². The molecule has 0 bridgehead atoms. The molecule has 0 fully saturated rings. The first kappa shape index (κ1) is 21.1. The van der Waals surface area contributed by atoms with Gasteiger partial charge in [0.05, 0.1) is 0 Å². The van der Waals surface area contributed by atoms with E-state index < -0.39 is 0 Å². The number of carbonyl (C=O) groups excluding carboxylic acids is 1. The molecule has 30 heavy (non-hydrogen) atoms. The van der Waals surface area contributed by atoms with Crippen LogP contribution >= 0.6 is 0 Å². The van der Waals surface area contributed by atoms with Gasteiger partial charge in [-0.25, -0.2) is 0 Å². The molecular formula is C26H27N3O. The van der Waals surface area contributed by atoms with Gasteiger partial charge in [-0.2, -0.15) is 5.26 Å². The molecule has 0 aliphatic rings. The Morgan fingerprint density at radius 1 is 1.03 bits per heavy atom. The van der Waals surface area contributed by atoms with Crippen molar-refractivity contribution in [1.29, 1.82) is 5.26 Å². The second kappa shape index (κ2) is 9.28. The van der Waals surface area contributed by atoms with Gasteiger partial charge in [0.15, 0.2) is 0 Å². The topological polar surface area (TPSA) is 57.8 Å². The Morgan fingerprint density at radius 3 is 2.43 bits per heavy atom. The average molecular weight is 398 g/mol. The Labute approximate surface area is 178 Å². The predicted molar refractivity (Wildman–Crippen MR) is 121 cm³/mol. The van der Waals surface area contributed by atoms with E-state index in [9.17, 15) is 10.1 Å². The monoisotopic (exact) mass is 397 g/mol. The zero-order chi connectivity index (χ0) is 21.7. The van der Waals surface area contributed by atoms with Crippen LogP contribution in [-0.4, -0.2) is 17.0 Å². The zero-order valence-corrected chi connectivity index (χ0v) is 18.0. The second-order valence-corrected chi connectivity index (χ2v) is 7.59. The Morgan fingerprint density at radius 2 is 1.77 bits per heavy atom. The number of amides is 1. The third kappa shape index (κ3) is 4.69. The number of hydrogen-bond donors (Lipinski definition) is 1. The predicted octanol–water partition coefficient (Wildman–Crippen LogP) is 4.98. The van der Waals surface area contributed by atoms with Crippen molar-refractivity contribution in [2.24, 2.45) is 0 Å². The fourth-order valence-electron chi connectivity index (χ4n) is 3.56. The first-order valence-corrected chi connectivity index (χ1v) is 10.1. The number of nitrogens with zero attached hydrogens (tertiary/aromatic N) is 2. The molecule has 2 aromatic carbocycles. The first-order chi connectivity index (χ1) is 14.4. The van der Waals surface area contributed by atoms with E-state index in [4.69, 9.17) is 0 Å². The highest BCUT2D eigenvalue weighted by molar-refractivity contribution is 6.01. The van der Waals surface area contributed by atoms with Crippen LogP contribution in [0.5, 0.6) is 0 Å². The van der Waals surface area contributed by atoms with Crippen molar-refractivity contribution in [3.8, 4) is 11.8 Å². The highest BCUT2D eigenvalue weighted by Crippen LogP contribution is 2.24.